The van der Waals surface area contributed by atoms with Gasteiger partial charge in [-0.1, -0.05) is 91.0 Å². The van der Waals surface area contributed by atoms with Crippen molar-refractivity contribution in [3.05, 3.63) is 150 Å². The number of nitrogens with one attached hydrogen (secondary N) is 1. The second-order valence-electron chi connectivity index (χ2n) is 7.73. The van der Waals surface area contributed by atoms with Crippen LogP contribution in [-0.2, 0) is 20.1 Å². The van der Waals surface area contributed by atoms with Gasteiger partial charge < -0.3 is 26.0 Å². The summed E-state index contributed by atoms with van der Waals surface area (Å²) in [5, 5.41) is 8.44. The predicted octanol–water partition coefficient (Wildman–Crippen LogP) is 6.53. The Labute approximate surface area is 224 Å². The number of benzene rings is 3. The smallest absolute Gasteiger partial charge is 0.597 e. The molecule has 2 aromatic heterocycles. The van der Waals surface area contributed by atoms with Gasteiger partial charge in [0.05, 0.1) is 0 Å². The molecular weight excluding hydrogens is 623 g/mol. The molecule has 6 rings (SSSR count). The molecule has 1 aliphatic rings. The van der Waals surface area contributed by atoms with E-state index < -0.39 is 0 Å². The third kappa shape index (κ3) is 6.45. The third-order valence-electron chi connectivity index (χ3n) is 5.26. The summed E-state index contributed by atoms with van der Waals surface area (Å²) >= 11 is 0. The minimum atomic E-state index is 0. The maximum Gasteiger partial charge on any atom is 3.00 e. The fourth-order valence-corrected chi connectivity index (χ4v) is 3.53. The van der Waals surface area contributed by atoms with Crippen molar-refractivity contribution in [2.24, 2.45) is 0 Å². The molecule has 6 heteroatoms. The molecule has 1 aliphatic heterocycles. The summed E-state index contributed by atoms with van der Waals surface area (Å²) in [6, 6.07) is 38.9. The molecule has 36 heavy (non-hydrogen) atoms. The van der Waals surface area contributed by atoms with Gasteiger partial charge in [-0.2, -0.15) is 0 Å². The largest absolute Gasteiger partial charge is 3.00 e. The zero-order valence-corrected chi connectivity index (χ0v) is 21.6. The number of hydrogen-bond acceptors (Lipinski definition) is 3. The van der Waals surface area contributed by atoms with E-state index in [0.29, 0.717) is 0 Å². The van der Waals surface area contributed by atoms with Crippen LogP contribution in [0.4, 0.5) is 0 Å². The van der Waals surface area contributed by atoms with Crippen LogP contribution < -0.4 is 10.5 Å². The van der Waals surface area contributed by atoms with Gasteiger partial charge in [-0.3, -0.25) is 0 Å². The molecule has 5 aromatic rings. The number of nitrogens with zero attached hydrogens (tertiary/aromatic N) is 4. The van der Waals surface area contributed by atoms with Gasteiger partial charge >= 0.3 is 20.1 Å². The zero-order valence-electron chi connectivity index (χ0n) is 19.2. The molecule has 0 aliphatic carbocycles. The second-order valence-corrected chi connectivity index (χ2v) is 7.73. The molecular formula is C30H22IrN5. The molecule has 0 saturated heterocycles. The summed E-state index contributed by atoms with van der Waals surface area (Å²) in [6.45, 7) is 0. The van der Waals surface area contributed by atoms with Gasteiger partial charge in [-0.25, -0.2) is 0 Å². The van der Waals surface area contributed by atoms with E-state index in [1.807, 2.05) is 121 Å². The molecule has 0 spiro atoms. The molecule has 3 heterocycles. The molecule has 1 N–H and O–H groups in total. The van der Waals surface area contributed by atoms with Crippen molar-refractivity contribution in [3.63, 3.8) is 0 Å². The first-order valence-electron chi connectivity index (χ1n) is 11.2. The van der Waals surface area contributed by atoms with Crippen molar-refractivity contribution in [1.82, 2.24) is 20.6 Å². The molecule has 176 valence electrons. The van der Waals surface area contributed by atoms with E-state index in [2.05, 4.69) is 32.1 Å². The average Bonchev–Trinajstić information content (AvgIpc) is 3.61. The van der Waals surface area contributed by atoms with Crippen LogP contribution in [0.15, 0.2) is 127 Å². The molecule has 0 saturated carbocycles. The zero-order chi connectivity index (χ0) is 23.7. The van der Waals surface area contributed by atoms with Crippen LogP contribution in [0.25, 0.3) is 39.7 Å². The van der Waals surface area contributed by atoms with Crippen LogP contribution in [0.2, 0.25) is 0 Å². The monoisotopic (exact) mass is 645 g/mol. The molecule has 0 bridgehead atoms. The summed E-state index contributed by atoms with van der Waals surface area (Å²) in [7, 11) is 0. The Kier molecular flexibility index (Phi) is 8.60. The topological polar surface area (TPSA) is 66.0 Å². The summed E-state index contributed by atoms with van der Waals surface area (Å²) in [6.07, 6.45) is 5.71. The standard InChI is InChI=1S/C19H14N4.C11H8N.Ir/c1-3-7-14(8-4-1)18-12-16(20-22-18)11-17-13-19(23-21-17)15-9-5-2-6-10-15;1-2-6-10(7-3-1)11-8-4-5-9-12-11;/h1-13,22H;1-6,8-9H;/q-2;-1;+3/b16-11-;;. The summed E-state index contributed by atoms with van der Waals surface area (Å²) in [5.41, 5.74) is 15.0. The first kappa shape index (κ1) is 24.9. The van der Waals surface area contributed by atoms with Gasteiger partial charge in [0, 0.05) is 17.6 Å². The van der Waals surface area contributed by atoms with Crippen LogP contribution in [0.3, 0.4) is 0 Å². The summed E-state index contributed by atoms with van der Waals surface area (Å²) in [4.78, 5) is 4.22. The molecule has 0 atom stereocenters. The first-order valence-corrected chi connectivity index (χ1v) is 11.2. The van der Waals surface area contributed by atoms with Crippen LogP contribution >= 0.6 is 0 Å². The van der Waals surface area contributed by atoms with Gasteiger partial charge in [0.25, 0.3) is 0 Å². The van der Waals surface area contributed by atoms with E-state index in [9.17, 15) is 0 Å². The summed E-state index contributed by atoms with van der Waals surface area (Å²) < 4.78 is 0. The number of aromatic nitrogens is 3. The van der Waals surface area contributed by atoms with Crippen LogP contribution in [-0.4, -0.2) is 10.1 Å². The Balaban J connectivity index is 0.000000198. The van der Waals surface area contributed by atoms with Gasteiger partial charge in [0.15, 0.2) is 0 Å². The van der Waals surface area contributed by atoms with Gasteiger partial charge in [0.1, 0.15) is 0 Å². The maximum atomic E-state index is 4.32. The average molecular weight is 645 g/mol. The van der Waals surface area contributed by atoms with E-state index >= 15 is 0 Å². The molecule has 0 amide bonds. The van der Waals surface area contributed by atoms with Crippen molar-refractivity contribution in [1.29, 1.82) is 0 Å². The van der Waals surface area contributed by atoms with Crippen LogP contribution in [0.1, 0.15) is 11.3 Å². The predicted molar refractivity (Wildman–Crippen MR) is 140 cm³/mol. The van der Waals surface area contributed by atoms with Gasteiger partial charge in [-0.05, 0) is 22.9 Å². The van der Waals surface area contributed by atoms with E-state index in [1.165, 1.54) is 0 Å². The minimum Gasteiger partial charge on any atom is -0.597 e. The maximum absolute atomic E-state index is 4.32. The quantitative estimate of drug-likeness (QED) is 0.226. The summed E-state index contributed by atoms with van der Waals surface area (Å²) in [5.74, 6) is 0. The number of hydrogen-bond donors (Lipinski definition) is 1. The number of pyridine rings is 1. The SMILES string of the molecule is C1=C(c2ccccc2)N[N-]/C1=C\c1cc(-c2ccccc2)n[n-]1.[Ir+3].[c-]1ccccc1-c1ccccn1. The molecule has 0 unspecified atom stereocenters. The molecule has 3 aromatic carbocycles. The fourth-order valence-electron chi connectivity index (χ4n) is 3.53. The first-order chi connectivity index (χ1) is 17.3. The minimum absolute atomic E-state index is 0. The van der Waals surface area contributed by atoms with E-state index in [4.69, 9.17) is 0 Å². The Morgan fingerprint density at radius 1 is 0.750 bits per heavy atom. The van der Waals surface area contributed by atoms with Gasteiger partial charge in [-0.15, -0.1) is 47.3 Å². The van der Waals surface area contributed by atoms with E-state index in [-0.39, 0.29) is 20.1 Å². The van der Waals surface area contributed by atoms with Crippen molar-refractivity contribution >= 4 is 11.8 Å². The van der Waals surface area contributed by atoms with E-state index in [0.717, 1.165) is 45.2 Å². The van der Waals surface area contributed by atoms with Crippen molar-refractivity contribution < 1.29 is 20.1 Å². The van der Waals surface area contributed by atoms with Crippen molar-refractivity contribution in [2.45, 2.75) is 0 Å². The van der Waals surface area contributed by atoms with E-state index in [1.54, 1.807) is 6.20 Å². The fraction of sp³-hybridized carbons (Fsp3) is 0. The molecule has 5 nitrogen and oxygen atoms in total. The molecule has 0 radical (unpaired) electrons. The number of allylic oxidation sites excluding steroid dienone is 1. The Hall–Kier alpha value is -4.25. The Bertz CT molecular complexity index is 1380. The molecule has 0 fully saturated rings. The Morgan fingerprint density at radius 2 is 1.47 bits per heavy atom. The van der Waals surface area contributed by atoms with Crippen molar-refractivity contribution in [2.75, 3.05) is 0 Å². The Morgan fingerprint density at radius 3 is 2.17 bits per heavy atom. The second kappa shape index (κ2) is 12.5. The number of rotatable bonds is 4. The normalized spacial score (nSPS) is 12.9. The van der Waals surface area contributed by atoms with Crippen LogP contribution in [0.5, 0.6) is 0 Å². The third-order valence-corrected chi connectivity index (χ3v) is 5.26. The van der Waals surface area contributed by atoms with Gasteiger partial charge in [0.2, 0.25) is 0 Å². The van der Waals surface area contributed by atoms with Crippen molar-refractivity contribution in [3.8, 4) is 22.5 Å². The van der Waals surface area contributed by atoms with Crippen LogP contribution in [0, 0.1) is 6.07 Å².